The number of ketones is 1. The minimum atomic E-state index is 0.0199. The van der Waals surface area contributed by atoms with Crippen LogP contribution in [-0.2, 0) is 4.79 Å². The first-order valence-corrected chi connectivity index (χ1v) is 7.13. The monoisotopic (exact) mass is 288 g/mol. The SMILES string of the molecule is CC(=O)C=Cc1cn(-c2ccccc2)nc1-c1ccccc1. The van der Waals surface area contributed by atoms with Crippen molar-refractivity contribution in [3.8, 4) is 16.9 Å². The molecule has 0 fully saturated rings. The number of rotatable bonds is 4. The molecule has 0 N–H and O–H groups in total. The highest BCUT2D eigenvalue weighted by Gasteiger charge is 2.10. The highest BCUT2D eigenvalue weighted by Crippen LogP contribution is 2.24. The molecular weight excluding hydrogens is 272 g/mol. The summed E-state index contributed by atoms with van der Waals surface area (Å²) in [5, 5.41) is 4.68. The van der Waals surface area contributed by atoms with Crippen LogP contribution < -0.4 is 0 Å². The smallest absolute Gasteiger partial charge is 0.152 e. The molecule has 0 unspecified atom stereocenters. The van der Waals surface area contributed by atoms with Crippen molar-refractivity contribution in [2.24, 2.45) is 0 Å². The molecule has 3 nitrogen and oxygen atoms in total. The fraction of sp³-hybridized carbons (Fsp3) is 0.0526. The third-order valence-corrected chi connectivity index (χ3v) is 3.31. The highest BCUT2D eigenvalue weighted by molar-refractivity contribution is 5.92. The van der Waals surface area contributed by atoms with Crippen LogP contribution >= 0.6 is 0 Å². The molecule has 0 amide bonds. The molecule has 2 aromatic carbocycles. The van der Waals surface area contributed by atoms with E-state index in [0.717, 1.165) is 22.5 Å². The molecule has 3 aromatic rings. The van der Waals surface area contributed by atoms with Crippen LogP contribution in [0.5, 0.6) is 0 Å². The Morgan fingerprint density at radius 1 is 1.00 bits per heavy atom. The van der Waals surface area contributed by atoms with E-state index in [2.05, 4.69) is 5.10 Å². The van der Waals surface area contributed by atoms with Crippen molar-refractivity contribution in [2.75, 3.05) is 0 Å². The fourth-order valence-electron chi connectivity index (χ4n) is 2.25. The molecule has 1 aromatic heterocycles. The summed E-state index contributed by atoms with van der Waals surface area (Å²) in [6.07, 6.45) is 5.33. The number of nitrogens with zero attached hydrogens (tertiary/aromatic N) is 2. The number of carbonyl (C=O) groups excluding carboxylic acids is 1. The molecule has 0 atom stereocenters. The van der Waals surface area contributed by atoms with E-state index in [4.69, 9.17) is 0 Å². The lowest BCUT2D eigenvalue weighted by atomic mass is 10.1. The largest absolute Gasteiger partial charge is 0.295 e. The van der Waals surface area contributed by atoms with E-state index in [-0.39, 0.29) is 5.78 Å². The number of hydrogen-bond acceptors (Lipinski definition) is 2. The first-order chi connectivity index (χ1) is 10.7. The Balaban J connectivity index is 2.11. The van der Waals surface area contributed by atoms with E-state index in [1.807, 2.05) is 77.6 Å². The summed E-state index contributed by atoms with van der Waals surface area (Å²) in [6, 6.07) is 19.9. The number of hydrogen-bond donors (Lipinski definition) is 0. The van der Waals surface area contributed by atoms with E-state index in [1.54, 1.807) is 13.0 Å². The van der Waals surface area contributed by atoms with Crippen LogP contribution in [0.2, 0.25) is 0 Å². The number of benzene rings is 2. The fourth-order valence-corrected chi connectivity index (χ4v) is 2.25. The zero-order valence-corrected chi connectivity index (χ0v) is 12.3. The molecule has 0 aliphatic heterocycles. The number of para-hydroxylation sites is 1. The third kappa shape index (κ3) is 3.04. The summed E-state index contributed by atoms with van der Waals surface area (Å²) in [5.41, 5.74) is 3.80. The van der Waals surface area contributed by atoms with E-state index in [9.17, 15) is 4.79 Å². The predicted octanol–water partition coefficient (Wildman–Crippen LogP) is 4.14. The van der Waals surface area contributed by atoms with E-state index in [0.29, 0.717) is 0 Å². The van der Waals surface area contributed by atoms with Gasteiger partial charge in [-0.25, -0.2) is 4.68 Å². The highest BCUT2D eigenvalue weighted by atomic mass is 16.1. The number of carbonyl (C=O) groups is 1. The van der Waals surface area contributed by atoms with E-state index >= 15 is 0 Å². The maximum Gasteiger partial charge on any atom is 0.152 e. The lowest BCUT2D eigenvalue weighted by Crippen LogP contribution is -1.93. The zero-order valence-electron chi connectivity index (χ0n) is 12.3. The van der Waals surface area contributed by atoms with Gasteiger partial charge < -0.3 is 0 Å². The number of aromatic nitrogens is 2. The van der Waals surface area contributed by atoms with Crippen molar-refractivity contribution >= 4 is 11.9 Å². The van der Waals surface area contributed by atoms with Gasteiger partial charge in [0.25, 0.3) is 0 Å². The van der Waals surface area contributed by atoms with Crippen LogP contribution in [0.15, 0.2) is 72.9 Å². The molecule has 0 aliphatic rings. The van der Waals surface area contributed by atoms with Crippen LogP contribution in [0.4, 0.5) is 0 Å². The molecule has 22 heavy (non-hydrogen) atoms. The third-order valence-electron chi connectivity index (χ3n) is 3.31. The minimum Gasteiger partial charge on any atom is -0.295 e. The summed E-state index contributed by atoms with van der Waals surface area (Å²) in [7, 11) is 0. The molecule has 0 radical (unpaired) electrons. The van der Waals surface area contributed by atoms with Gasteiger partial charge in [0, 0.05) is 17.3 Å². The van der Waals surface area contributed by atoms with Crippen molar-refractivity contribution in [1.82, 2.24) is 9.78 Å². The summed E-state index contributed by atoms with van der Waals surface area (Å²) in [5.74, 6) is 0.0199. The lowest BCUT2D eigenvalue weighted by Gasteiger charge is -2.00. The van der Waals surface area contributed by atoms with Crippen LogP contribution in [0.25, 0.3) is 23.0 Å². The number of allylic oxidation sites excluding steroid dienone is 1. The summed E-state index contributed by atoms with van der Waals surface area (Å²) in [6.45, 7) is 1.54. The second kappa shape index (κ2) is 6.22. The van der Waals surface area contributed by atoms with Crippen LogP contribution in [0.3, 0.4) is 0 Å². The zero-order chi connectivity index (χ0) is 15.4. The molecule has 0 spiro atoms. The predicted molar refractivity (Wildman–Crippen MR) is 88.7 cm³/mol. The van der Waals surface area contributed by atoms with Crippen molar-refractivity contribution in [3.63, 3.8) is 0 Å². The Kier molecular flexibility index (Phi) is 3.97. The van der Waals surface area contributed by atoms with Gasteiger partial charge in [-0.05, 0) is 31.2 Å². The summed E-state index contributed by atoms with van der Waals surface area (Å²) >= 11 is 0. The topological polar surface area (TPSA) is 34.9 Å². The van der Waals surface area contributed by atoms with Gasteiger partial charge in [0.05, 0.1) is 11.4 Å². The maximum absolute atomic E-state index is 11.2. The molecular formula is C19H16N2O. The molecule has 0 aliphatic carbocycles. The van der Waals surface area contributed by atoms with Crippen molar-refractivity contribution < 1.29 is 4.79 Å². The summed E-state index contributed by atoms with van der Waals surface area (Å²) in [4.78, 5) is 11.2. The Bertz CT molecular complexity index is 802. The van der Waals surface area contributed by atoms with Crippen LogP contribution in [-0.4, -0.2) is 15.6 Å². The van der Waals surface area contributed by atoms with Crippen molar-refractivity contribution in [2.45, 2.75) is 6.92 Å². The standard InChI is InChI=1S/C19H16N2O/c1-15(22)12-13-17-14-21(18-10-6-3-7-11-18)20-19(17)16-8-4-2-5-9-16/h2-14H,1H3. The van der Waals surface area contributed by atoms with Gasteiger partial charge in [0.15, 0.2) is 5.78 Å². The molecule has 108 valence electrons. The summed E-state index contributed by atoms with van der Waals surface area (Å²) < 4.78 is 1.84. The molecule has 1 heterocycles. The average molecular weight is 288 g/mol. The van der Waals surface area contributed by atoms with Crippen LogP contribution in [0, 0.1) is 0 Å². The van der Waals surface area contributed by atoms with Gasteiger partial charge in [-0.1, -0.05) is 48.5 Å². The Morgan fingerprint density at radius 3 is 2.27 bits per heavy atom. The maximum atomic E-state index is 11.2. The van der Waals surface area contributed by atoms with E-state index < -0.39 is 0 Å². The second-order valence-corrected chi connectivity index (χ2v) is 5.02. The molecule has 3 heteroatoms. The van der Waals surface area contributed by atoms with Crippen molar-refractivity contribution in [1.29, 1.82) is 0 Å². The second-order valence-electron chi connectivity index (χ2n) is 5.02. The van der Waals surface area contributed by atoms with Gasteiger partial charge in [0.1, 0.15) is 0 Å². The van der Waals surface area contributed by atoms with Gasteiger partial charge in [-0.15, -0.1) is 0 Å². The van der Waals surface area contributed by atoms with E-state index in [1.165, 1.54) is 0 Å². The van der Waals surface area contributed by atoms with Gasteiger partial charge in [-0.3, -0.25) is 4.79 Å². The Labute approximate surface area is 129 Å². The Morgan fingerprint density at radius 2 is 1.64 bits per heavy atom. The molecule has 0 saturated carbocycles. The quantitative estimate of drug-likeness (QED) is 0.676. The van der Waals surface area contributed by atoms with Crippen LogP contribution in [0.1, 0.15) is 12.5 Å². The first-order valence-electron chi connectivity index (χ1n) is 7.13. The van der Waals surface area contributed by atoms with Gasteiger partial charge in [0.2, 0.25) is 0 Å². The Hall–Kier alpha value is -2.94. The molecule has 3 rings (SSSR count). The van der Waals surface area contributed by atoms with Crippen molar-refractivity contribution in [3.05, 3.63) is 78.5 Å². The first kappa shape index (κ1) is 14.0. The lowest BCUT2D eigenvalue weighted by molar-refractivity contribution is -0.112. The normalized spacial score (nSPS) is 11.0. The minimum absolute atomic E-state index is 0.0199. The molecule has 0 bridgehead atoms. The average Bonchev–Trinajstić information content (AvgIpc) is 2.99. The molecule has 0 saturated heterocycles. The van der Waals surface area contributed by atoms with Gasteiger partial charge in [-0.2, -0.15) is 5.10 Å². The van der Waals surface area contributed by atoms with Gasteiger partial charge >= 0.3 is 0 Å².